The summed E-state index contributed by atoms with van der Waals surface area (Å²) in [6.45, 7) is 0.238. The van der Waals surface area contributed by atoms with Gasteiger partial charge in [0.15, 0.2) is 11.6 Å². The average molecular weight is 306 g/mol. The van der Waals surface area contributed by atoms with Gasteiger partial charge in [-0.3, -0.25) is 4.79 Å². The van der Waals surface area contributed by atoms with Crippen LogP contribution in [0.15, 0.2) is 48.5 Å². The molecule has 2 aromatic carbocycles. The van der Waals surface area contributed by atoms with Crippen LogP contribution in [0.3, 0.4) is 0 Å². The van der Waals surface area contributed by atoms with Crippen LogP contribution in [0.5, 0.6) is 5.75 Å². The van der Waals surface area contributed by atoms with E-state index in [2.05, 4.69) is 0 Å². The summed E-state index contributed by atoms with van der Waals surface area (Å²) in [4.78, 5) is 11.3. The lowest BCUT2D eigenvalue weighted by atomic mass is 9.95. The monoisotopic (exact) mass is 306 g/mol. The Morgan fingerprint density at radius 3 is 2.45 bits per heavy atom. The fraction of sp³-hybridized carbons (Fsp3) is 0.235. The highest BCUT2D eigenvalue weighted by Gasteiger charge is 2.18. The summed E-state index contributed by atoms with van der Waals surface area (Å²) in [5, 5.41) is 9.28. The molecule has 0 fully saturated rings. The van der Waals surface area contributed by atoms with Crippen LogP contribution >= 0.6 is 0 Å². The smallest absolute Gasteiger partial charge is 0.310 e. The van der Waals surface area contributed by atoms with Crippen LogP contribution in [0.2, 0.25) is 0 Å². The number of ether oxygens (including phenoxy) is 1. The Morgan fingerprint density at radius 1 is 1.09 bits per heavy atom. The van der Waals surface area contributed by atoms with Crippen molar-refractivity contribution in [3.63, 3.8) is 0 Å². The van der Waals surface area contributed by atoms with Crippen LogP contribution in [0.1, 0.15) is 24.3 Å². The van der Waals surface area contributed by atoms with E-state index in [1.807, 2.05) is 6.07 Å². The van der Waals surface area contributed by atoms with Crippen LogP contribution in [0.25, 0.3) is 0 Å². The fourth-order valence-corrected chi connectivity index (χ4v) is 2.16. The Labute approximate surface area is 127 Å². The Hall–Kier alpha value is -2.43. The van der Waals surface area contributed by atoms with E-state index in [0.29, 0.717) is 12.8 Å². The Balaban J connectivity index is 1.86. The average Bonchev–Trinajstić information content (AvgIpc) is 2.51. The van der Waals surface area contributed by atoms with Crippen LogP contribution < -0.4 is 4.74 Å². The maximum absolute atomic E-state index is 13.0. The predicted octanol–water partition coefficient (Wildman–Crippen LogP) is 3.99. The summed E-state index contributed by atoms with van der Waals surface area (Å²) in [5.74, 6) is -3.16. The van der Waals surface area contributed by atoms with Crippen molar-refractivity contribution >= 4 is 5.97 Å². The van der Waals surface area contributed by atoms with Gasteiger partial charge in [-0.2, -0.15) is 0 Å². The molecule has 0 amide bonds. The van der Waals surface area contributed by atoms with Crippen molar-refractivity contribution in [2.45, 2.75) is 18.8 Å². The third kappa shape index (κ3) is 4.28. The summed E-state index contributed by atoms with van der Waals surface area (Å²) in [7, 11) is 0. The van der Waals surface area contributed by atoms with Crippen LogP contribution in [-0.2, 0) is 4.79 Å². The van der Waals surface area contributed by atoms with Gasteiger partial charge >= 0.3 is 5.97 Å². The van der Waals surface area contributed by atoms with E-state index in [4.69, 9.17) is 4.74 Å². The number of carboxylic acids is 1. The highest BCUT2D eigenvalue weighted by Crippen LogP contribution is 2.22. The molecule has 0 aliphatic rings. The molecular weight excluding hydrogens is 290 g/mol. The van der Waals surface area contributed by atoms with Crippen molar-refractivity contribution in [3.05, 3.63) is 65.7 Å². The van der Waals surface area contributed by atoms with Crippen molar-refractivity contribution in [2.75, 3.05) is 6.61 Å². The highest BCUT2D eigenvalue weighted by atomic mass is 19.2. The van der Waals surface area contributed by atoms with E-state index >= 15 is 0 Å². The molecule has 0 aromatic heterocycles. The lowest BCUT2D eigenvalue weighted by Crippen LogP contribution is -2.13. The highest BCUT2D eigenvalue weighted by molar-refractivity contribution is 5.75. The lowest BCUT2D eigenvalue weighted by Gasteiger charge is -2.13. The molecule has 0 aliphatic heterocycles. The molecular formula is C17H16F2O3. The van der Waals surface area contributed by atoms with Gasteiger partial charge in [-0.15, -0.1) is 0 Å². The molecule has 1 atom stereocenters. The number of rotatable bonds is 7. The van der Waals surface area contributed by atoms with Crippen molar-refractivity contribution in [3.8, 4) is 5.75 Å². The van der Waals surface area contributed by atoms with Crippen LogP contribution in [-0.4, -0.2) is 17.7 Å². The number of carbonyl (C=O) groups is 1. The van der Waals surface area contributed by atoms with E-state index in [1.54, 1.807) is 24.3 Å². The van der Waals surface area contributed by atoms with Gasteiger partial charge in [0.1, 0.15) is 5.75 Å². The van der Waals surface area contributed by atoms with Crippen molar-refractivity contribution in [2.24, 2.45) is 0 Å². The number of hydrogen-bond donors (Lipinski definition) is 1. The topological polar surface area (TPSA) is 46.5 Å². The molecule has 22 heavy (non-hydrogen) atoms. The molecule has 0 radical (unpaired) electrons. The van der Waals surface area contributed by atoms with Gasteiger partial charge in [0.25, 0.3) is 0 Å². The van der Waals surface area contributed by atoms with Gasteiger partial charge < -0.3 is 9.84 Å². The fourth-order valence-electron chi connectivity index (χ4n) is 2.16. The minimum absolute atomic E-state index is 0.227. The molecule has 2 rings (SSSR count). The number of halogens is 2. The normalized spacial score (nSPS) is 11.9. The third-order valence-electron chi connectivity index (χ3n) is 3.30. The second-order valence-electron chi connectivity index (χ2n) is 4.87. The van der Waals surface area contributed by atoms with Crippen LogP contribution in [0, 0.1) is 11.6 Å². The molecule has 5 heteroatoms. The Morgan fingerprint density at radius 2 is 1.82 bits per heavy atom. The van der Waals surface area contributed by atoms with Gasteiger partial charge in [-0.1, -0.05) is 30.3 Å². The van der Waals surface area contributed by atoms with Crippen LogP contribution in [0.4, 0.5) is 8.78 Å². The summed E-state index contributed by atoms with van der Waals surface area (Å²) < 4.78 is 31.1. The van der Waals surface area contributed by atoms with E-state index in [0.717, 1.165) is 17.7 Å². The van der Waals surface area contributed by atoms with Gasteiger partial charge in [0.05, 0.1) is 12.5 Å². The molecule has 0 aliphatic carbocycles. The number of aliphatic carboxylic acids is 1. The molecule has 3 nitrogen and oxygen atoms in total. The van der Waals surface area contributed by atoms with Gasteiger partial charge in [0, 0.05) is 6.07 Å². The quantitative estimate of drug-likeness (QED) is 0.787. The molecule has 2 aromatic rings. The summed E-state index contributed by atoms with van der Waals surface area (Å²) in [6, 6.07) is 12.3. The number of carboxylic acid groups (broad SMARTS) is 1. The molecule has 0 saturated heterocycles. The Kier molecular flexibility index (Phi) is 5.47. The largest absolute Gasteiger partial charge is 0.493 e. The zero-order valence-corrected chi connectivity index (χ0v) is 11.8. The van der Waals surface area contributed by atoms with Gasteiger partial charge in [0.2, 0.25) is 0 Å². The molecule has 0 saturated carbocycles. The van der Waals surface area contributed by atoms with E-state index in [1.165, 1.54) is 6.07 Å². The van der Waals surface area contributed by atoms with Gasteiger partial charge in [-0.05, 0) is 30.5 Å². The maximum Gasteiger partial charge on any atom is 0.310 e. The van der Waals surface area contributed by atoms with E-state index in [-0.39, 0.29) is 12.4 Å². The van der Waals surface area contributed by atoms with Crippen molar-refractivity contribution < 1.29 is 23.4 Å². The zero-order chi connectivity index (χ0) is 15.9. The number of benzene rings is 2. The molecule has 1 unspecified atom stereocenters. The first-order chi connectivity index (χ1) is 10.6. The van der Waals surface area contributed by atoms with Crippen molar-refractivity contribution in [1.29, 1.82) is 0 Å². The molecule has 0 heterocycles. The third-order valence-corrected chi connectivity index (χ3v) is 3.30. The summed E-state index contributed by atoms with van der Waals surface area (Å²) >= 11 is 0. The second-order valence-corrected chi connectivity index (χ2v) is 4.87. The van der Waals surface area contributed by atoms with E-state index < -0.39 is 23.5 Å². The predicted molar refractivity (Wildman–Crippen MR) is 77.9 cm³/mol. The standard InChI is InChI=1S/C17H16F2O3/c18-15-9-8-13(11-16(15)19)22-10-4-7-14(17(20)21)12-5-2-1-3-6-12/h1-3,5-6,8-9,11,14H,4,7,10H2,(H,20,21). The Bertz CT molecular complexity index is 629. The first kappa shape index (κ1) is 15.9. The second kappa shape index (κ2) is 7.54. The SMILES string of the molecule is O=C(O)C(CCCOc1ccc(F)c(F)c1)c1ccccc1. The maximum atomic E-state index is 13.0. The van der Waals surface area contributed by atoms with Crippen molar-refractivity contribution in [1.82, 2.24) is 0 Å². The zero-order valence-electron chi connectivity index (χ0n) is 11.8. The summed E-state index contributed by atoms with van der Waals surface area (Å²) in [5.41, 5.74) is 0.739. The minimum atomic E-state index is -0.967. The number of hydrogen-bond acceptors (Lipinski definition) is 2. The van der Waals surface area contributed by atoms with E-state index in [9.17, 15) is 18.7 Å². The summed E-state index contributed by atoms with van der Waals surface area (Å²) in [6.07, 6.45) is 0.897. The minimum Gasteiger partial charge on any atom is -0.493 e. The first-order valence-corrected chi connectivity index (χ1v) is 6.93. The van der Waals surface area contributed by atoms with Gasteiger partial charge in [-0.25, -0.2) is 8.78 Å². The lowest BCUT2D eigenvalue weighted by molar-refractivity contribution is -0.139. The molecule has 0 bridgehead atoms. The molecule has 1 N–H and O–H groups in total. The first-order valence-electron chi connectivity index (χ1n) is 6.93. The molecule has 116 valence electrons. The molecule has 0 spiro atoms.